The van der Waals surface area contributed by atoms with Crippen LogP contribution in [0.15, 0.2) is 60.7 Å². The molecule has 0 radical (unpaired) electrons. The van der Waals surface area contributed by atoms with Gasteiger partial charge in [0.2, 0.25) is 0 Å². The summed E-state index contributed by atoms with van der Waals surface area (Å²) in [5.74, 6) is 1.70. The van der Waals surface area contributed by atoms with E-state index in [1.807, 2.05) is 54.6 Å². The molecular weight excluding hydrogens is 364 g/mol. The van der Waals surface area contributed by atoms with Crippen molar-refractivity contribution in [2.24, 2.45) is 11.8 Å². The monoisotopic (exact) mass is 384 g/mol. The summed E-state index contributed by atoms with van der Waals surface area (Å²) in [7, 11) is 0. The van der Waals surface area contributed by atoms with Crippen molar-refractivity contribution in [3.8, 4) is 28.8 Å². The molecule has 0 aliphatic heterocycles. The van der Waals surface area contributed by atoms with Gasteiger partial charge in [-0.1, -0.05) is 30.3 Å². The first-order valence-corrected chi connectivity index (χ1v) is 9.77. The third-order valence-electron chi connectivity index (χ3n) is 5.92. The predicted molar refractivity (Wildman–Crippen MR) is 107 cm³/mol. The molecule has 1 heterocycles. The molecule has 6 heteroatoms. The van der Waals surface area contributed by atoms with Crippen LogP contribution in [0.4, 0.5) is 0 Å². The Hall–Kier alpha value is -3.59. The van der Waals surface area contributed by atoms with Gasteiger partial charge < -0.3 is 10.1 Å². The minimum atomic E-state index is -0.203. The molecule has 2 aromatic carbocycles. The van der Waals surface area contributed by atoms with Crippen LogP contribution in [0.1, 0.15) is 29.8 Å². The lowest BCUT2D eigenvalue weighted by Gasteiger charge is -2.14. The molecule has 3 atom stereocenters. The summed E-state index contributed by atoms with van der Waals surface area (Å²) >= 11 is 0. The molecule has 2 saturated carbocycles. The third-order valence-corrected chi connectivity index (χ3v) is 5.92. The molecule has 0 spiro atoms. The molecular formula is C23H20N4O2. The van der Waals surface area contributed by atoms with Crippen LogP contribution in [-0.4, -0.2) is 21.6 Å². The summed E-state index contributed by atoms with van der Waals surface area (Å²) in [5.41, 5.74) is 1.68. The second-order valence-corrected chi connectivity index (χ2v) is 7.86. The first-order chi connectivity index (χ1) is 14.2. The lowest BCUT2D eigenvalue weighted by Crippen LogP contribution is -2.37. The van der Waals surface area contributed by atoms with Gasteiger partial charge in [-0.15, -0.1) is 0 Å². The van der Waals surface area contributed by atoms with Crippen LogP contribution in [0, 0.1) is 23.2 Å². The average molecular weight is 384 g/mol. The first-order valence-electron chi connectivity index (χ1n) is 9.77. The predicted octanol–water partition coefficient (Wildman–Crippen LogP) is 4.29. The smallest absolute Gasteiger partial charge is 0.272 e. The number of H-pyrrole nitrogens is 1. The lowest BCUT2D eigenvalue weighted by atomic mass is 10.0. The number of aromatic nitrogens is 2. The van der Waals surface area contributed by atoms with E-state index in [4.69, 9.17) is 10.00 Å². The Morgan fingerprint density at radius 1 is 1.17 bits per heavy atom. The highest BCUT2D eigenvalue weighted by Crippen LogP contribution is 2.57. The van der Waals surface area contributed by atoms with Crippen LogP contribution in [-0.2, 0) is 0 Å². The highest BCUT2D eigenvalue weighted by molar-refractivity contribution is 5.94. The maximum absolute atomic E-state index is 12.7. The summed E-state index contributed by atoms with van der Waals surface area (Å²) in [6.07, 6.45) is 2.58. The summed E-state index contributed by atoms with van der Waals surface area (Å²) in [6.45, 7) is 0. The molecule has 144 valence electrons. The van der Waals surface area contributed by atoms with E-state index in [-0.39, 0.29) is 17.4 Å². The molecule has 2 fully saturated rings. The number of para-hydroxylation sites is 2. The van der Waals surface area contributed by atoms with Crippen LogP contribution in [0.25, 0.3) is 11.3 Å². The number of hydrogen-bond donors (Lipinski definition) is 2. The van der Waals surface area contributed by atoms with Crippen LogP contribution in [0.5, 0.6) is 11.5 Å². The minimum absolute atomic E-state index is 0.0470. The molecule has 0 bridgehead atoms. The topological polar surface area (TPSA) is 90.8 Å². The average Bonchev–Trinajstić information content (AvgIpc) is 3.10. The van der Waals surface area contributed by atoms with Crippen molar-refractivity contribution >= 4 is 5.91 Å². The number of fused-ring (bicyclic) bond motifs is 1. The summed E-state index contributed by atoms with van der Waals surface area (Å²) in [4.78, 5) is 12.7. The Kier molecular flexibility index (Phi) is 4.09. The van der Waals surface area contributed by atoms with Crippen LogP contribution < -0.4 is 10.1 Å². The lowest BCUT2D eigenvalue weighted by molar-refractivity contribution is 0.0923. The van der Waals surface area contributed by atoms with E-state index in [1.165, 1.54) is 0 Å². The van der Waals surface area contributed by atoms with Crippen molar-refractivity contribution in [2.45, 2.75) is 24.8 Å². The quantitative estimate of drug-likeness (QED) is 0.686. The molecule has 1 unspecified atom stereocenters. The van der Waals surface area contributed by atoms with Gasteiger partial charge in [0.15, 0.2) is 5.69 Å². The van der Waals surface area contributed by atoms with Gasteiger partial charge in [-0.3, -0.25) is 9.89 Å². The SMILES string of the molecule is N#CC1C[C@H]2C[C@@]2(NC(=O)c2cc(-c3ccccc3Oc3ccccc3)[nH]n2)C1. The zero-order valence-electron chi connectivity index (χ0n) is 15.8. The number of ether oxygens (including phenoxy) is 1. The molecule has 29 heavy (non-hydrogen) atoms. The van der Waals surface area contributed by atoms with Gasteiger partial charge in [-0.05, 0) is 55.5 Å². The number of benzene rings is 2. The number of nitrogens with zero attached hydrogens (tertiary/aromatic N) is 2. The van der Waals surface area contributed by atoms with Gasteiger partial charge in [0.1, 0.15) is 11.5 Å². The fourth-order valence-electron chi connectivity index (χ4n) is 4.37. The van der Waals surface area contributed by atoms with Crippen LogP contribution in [0.3, 0.4) is 0 Å². The van der Waals surface area contributed by atoms with Gasteiger partial charge in [0.25, 0.3) is 5.91 Å². The van der Waals surface area contributed by atoms with Gasteiger partial charge in [-0.2, -0.15) is 10.4 Å². The number of rotatable bonds is 5. The minimum Gasteiger partial charge on any atom is -0.457 e. The number of nitrogens with one attached hydrogen (secondary N) is 2. The molecule has 2 N–H and O–H groups in total. The second-order valence-electron chi connectivity index (χ2n) is 7.86. The zero-order chi connectivity index (χ0) is 19.8. The highest BCUT2D eigenvalue weighted by atomic mass is 16.5. The summed E-state index contributed by atoms with van der Waals surface area (Å²) < 4.78 is 6.01. The van der Waals surface area contributed by atoms with E-state index in [9.17, 15) is 4.79 Å². The van der Waals surface area contributed by atoms with Crippen molar-refractivity contribution in [1.82, 2.24) is 15.5 Å². The Balaban J connectivity index is 1.35. The van der Waals surface area contributed by atoms with Gasteiger partial charge in [0.05, 0.1) is 11.8 Å². The Morgan fingerprint density at radius 3 is 2.76 bits per heavy atom. The number of carbonyl (C=O) groups excluding carboxylic acids is 1. The largest absolute Gasteiger partial charge is 0.457 e. The van der Waals surface area contributed by atoms with E-state index in [0.29, 0.717) is 23.1 Å². The highest BCUT2D eigenvalue weighted by Gasteiger charge is 2.61. The molecule has 1 aromatic heterocycles. The Labute approximate surface area is 168 Å². The van der Waals surface area contributed by atoms with E-state index in [2.05, 4.69) is 21.6 Å². The zero-order valence-corrected chi connectivity index (χ0v) is 15.8. The van der Waals surface area contributed by atoms with Gasteiger partial charge >= 0.3 is 0 Å². The van der Waals surface area contributed by atoms with Gasteiger partial charge in [-0.25, -0.2) is 0 Å². The van der Waals surface area contributed by atoms with E-state index in [0.717, 1.165) is 30.6 Å². The van der Waals surface area contributed by atoms with Crippen molar-refractivity contribution in [1.29, 1.82) is 5.26 Å². The van der Waals surface area contributed by atoms with Crippen molar-refractivity contribution in [2.75, 3.05) is 0 Å². The first kappa shape index (κ1) is 17.5. The number of aromatic amines is 1. The Morgan fingerprint density at radius 2 is 1.97 bits per heavy atom. The fraction of sp³-hybridized carbons (Fsp3) is 0.261. The van der Waals surface area contributed by atoms with Crippen molar-refractivity contribution in [3.05, 3.63) is 66.4 Å². The molecule has 2 aliphatic rings. The molecule has 0 saturated heterocycles. The maximum Gasteiger partial charge on any atom is 0.272 e. The molecule has 6 nitrogen and oxygen atoms in total. The molecule has 2 aliphatic carbocycles. The van der Waals surface area contributed by atoms with E-state index < -0.39 is 0 Å². The molecule has 5 rings (SSSR count). The maximum atomic E-state index is 12.7. The third kappa shape index (κ3) is 3.25. The molecule has 1 amide bonds. The number of carbonyl (C=O) groups is 1. The summed E-state index contributed by atoms with van der Waals surface area (Å²) in [5, 5.41) is 19.4. The van der Waals surface area contributed by atoms with Crippen LogP contribution in [0.2, 0.25) is 0 Å². The van der Waals surface area contributed by atoms with Crippen LogP contribution >= 0.6 is 0 Å². The summed E-state index contributed by atoms with van der Waals surface area (Å²) in [6, 6.07) is 21.3. The standard InChI is InChI=1S/C23H20N4O2/c24-14-15-10-16-13-23(16,12-15)25-22(28)20-11-19(26-27-20)18-8-4-5-9-21(18)29-17-6-2-1-3-7-17/h1-9,11,15-16H,10,12-13H2,(H,25,28)(H,26,27)/t15?,16-,23-/m0/s1. The van der Waals surface area contributed by atoms with Gasteiger partial charge in [0, 0.05) is 17.0 Å². The fourth-order valence-corrected chi connectivity index (χ4v) is 4.37. The normalized spacial score (nSPS) is 24.4. The second kappa shape index (κ2) is 6.78. The van der Waals surface area contributed by atoms with Crippen molar-refractivity contribution in [3.63, 3.8) is 0 Å². The number of hydrogen-bond acceptors (Lipinski definition) is 4. The molecule has 3 aromatic rings. The van der Waals surface area contributed by atoms with E-state index in [1.54, 1.807) is 6.07 Å². The van der Waals surface area contributed by atoms with Crippen molar-refractivity contribution < 1.29 is 9.53 Å². The Bertz CT molecular complexity index is 1100. The van der Waals surface area contributed by atoms with E-state index >= 15 is 0 Å². The number of nitriles is 1. The number of amides is 1.